The molecule has 128 valence electrons. The SMILES string of the molecule is O=c1c2ccccc2ncn1/N=C/c1c2ccccc2cc2ccccc12. The van der Waals surface area contributed by atoms with Crippen LogP contribution in [-0.2, 0) is 0 Å². The van der Waals surface area contributed by atoms with Gasteiger partial charge in [0.1, 0.15) is 6.33 Å². The van der Waals surface area contributed by atoms with Crippen LogP contribution in [0.4, 0.5) is 0 Å². The van der Waals surface area contributed by atoms with Crippen molar-refractivity contribution in [1.29, 1.82) is 0 Å². The molecule has 0 aliphatic rings. The number of benzene rings is 4. The van der Waals surface area contributed by atoms with Crippen molar-refractivity contribution in [2.75, 3.05) is 0 Å². The van der Waals surface area contributed by atoms with Gasteiger partial charge in [0.2, 0.25) is 0 Å². The molecule has 0 spiro atoms. The van der Waals surface area contributed by atoms with Crippen molar-refractivity contribution in [3.8, 4) is 0 Å². The van der Waals surface area contributed by atoms with Gasteiger partial charge in [-0.15, -0.1) is 0 Å². The lowest BCUT2D eigenvalue weighted by atomic mass is 9.97. The van der Waals surface area contributed by atoms with Crippen molar-refractivity contribution in [1.82, 2.24) is 9.66 Å². The van der Waals surface area contributed by atoms with E-state index < -0.39 is 0 Å². The first-order chi connectivity index (χ1) is 13.3. The summed E-state index contributed by atoms with van der Waals surface area (Å²) in [6.07, 6.45) is 3.22. The lowest BCUT2D eigenvalue weighted by molar-refractivity contribution is 0.817. The third-order valence-corrected chi connectivity index (χ3v) is 4.77. The zero-order valence-electron chi connectivity index (χ0n) is 14.4. The lowest BCUT2D eigenvalue weighted by Gasteiger charge is -2.08. The predicted molar refractivity (Wildman–Crippen MR) is 110 cm³/mol. The van der Waals surface area contributed by atoms with Gasteiger partial charge in [0.05, 0.1) is 17.1 Å². The Morgan fingerprint density at radius 2 is 1.37 bits per heavy atom. The highest BCUT2D eigenvalue weighted by molar-refractivity contribution is 6.13. The van der Waals surface area contributed by atoms with E-state index in [-0.39, 0.29) is 5.56 Å². The highest BCUT2D eigenvalue weighted by atomic mass is 16.1. The molecular formula is C23H15N3O. The van der Waals surface area contributed by atoms with Crippen LogP contribution in [0, 0.1) is 0 Å². The van der Waals surface area contributed by atoms with Gasteiger partial charge in [-0.3, -0.25) is 4.79 Å². The van der Waals surface area contributed by atoms with Gasteiger partial charge in [-0.05, 0) is 39.7 Å². The number of hydrogen-bond acceptors (Lipinski definition) is 3. The minimum atomic E-state index is -0.179. The van der Waals surface area contributed by atoms with E-state index in [0.29, 0.717) is 10.9 Å². The Labute approximate surface area is 155 Å². The Morgan fingerprint density at radius 3 is 2.07 bits per heavy atom. The van der Waals surface area contributed by atoms with Gasteiger partial charge in [0, 0.05) is 5.56 Å². The maximum absolute atomic E-state index is 12.7. The molecule has 0 aliphatic carbocycles. The molecule has 0 saturated carbocycles. The van der Waals surface area contributed by atoms with Crippen LogP contribution in [0.3, 0.4) is 0 Å². The minimum absolute atomic E-state index is 0.179. The van der Waals surface area contributed by atoms with E-state index in [1.165, 1.54) is 11.0 Å². The molecule has 27 heavy (non-hydrogen) atoms. The van der Waals surface area contributed by atoms with Crippen molar-refractivity contribution in [2.24, 2.45) is 5.10 Å². The molecule has 4 aromatic carbocycles. The second-order valence-corrected chi connectivity index (χ2v) is 6.39. The van der Waals surface area contributed by atoms with Crippen LogP contribution < -0.4 is 5.56 Å². The summed E-state index contributed by atoms with van der Waals surface area (Å²) in [4.78, 5) is 17.0. The Balaban J connectivity index is 1.74. The summed E-state index contributed by atoms with van der Waals surface area (Å²) in [5.41, 5.74) is 1.48. The molecule has 0 amide bonds. The van der Waals surface area contributed by atoms with Crippen molar-refractivity contribution < 1.29 is 0 Å². The zero-order valence-corrected chi connectivity index (χ0v) is 14.4. The number of rotatable bonds is 2. The van der Waals surface area contributed by atoms with Crippen LogP contribution in [0.25, 0.3) is 32.4 Å². The molecule has 0 radical (unpaired) electrons. The molecule has 4 heteroatoms. The fourth-order valence-electron chi connectivity index (χ4n) is 3.45. The highest BCUT2D eigenvalue weighted by Gasteiger charge is 2.06. The average Bonchev–Trinajstić information content (AvgIpc) is 2.72. The van der Waals surface area contributed by atoms with Crippen LogP contribution in [0.2, 0.25) is 0 Å². The summed E-state index contributed by atoms with van der Waals surface area (Å²) in [5.74, 6) is 0. The van der Waals surface area contributed by atoms with Crippen LogP contribution in [0.5, 0.6) is 0 Å². The molecule has 0 aliphatic heterocycles. The molecule has 0 bridgehead atoms. The second kappa shape index (κ2) is 6.18. The van der Waals surface area contributed by atoms with Gasteiger partial charge in [0.25, 0.3) is 5.56 Å². The van der Waals surface area contributed by atoms with Gasteiger partial charge >= 0.3 is 0 Å². The fourth-order valence-corrected chi connectivity index (χ4v) is 3.45. The average molecular weight is 349 g/mol. The summed E-state index contributed by atoms with van der Waals surface area (Å²) >= 11 is 0. The quantitative estimate of drug-likeness (QED) is 0.346. The standard InChI is InChI=1S/C23H15N3O/c27-23-20-11-5-6-12-22(20)24-15-26(23)25-14-21-18-9-3-1-7-16(18)13-17-8-2-4-10-19(17)21/h1-15H/b25-14+. The van der Waals surface area contributed by atoms with Crippen LogP contribution in [0.1, 0.15) is 5.56 Å². The number of nitrogens with zero attached hydrogens (tertiary/aromatic N) is 3. The molecule has 5 rings (SSSR count). The van der Waals surface area contributed by atoms with E-state index in [2.05, 4.69) is 40.4 Å². The molecule has 0 N–H and O–H groups in total. The summed E-state index contributed by atoms with van der Waals surface area (Å²) < 4.78 is 1.29. The van der Waals surface area contributed by atoms with Gasteiger partial charge in [-0.25, -0.2) is 4.98 Å². The van der Waals surface area contributed by atoms with Gasteiger partial charge in [0.15, 0.2) is 0 Å². The van der Waals surface area contributed by atoms with E-state index in [0.717, 1.165) is 27.1 Å². The third kappa shape index (κ3) is 2.59. The van der Waals surface area contributed by atoms with Gasteiger partial charge in [-0.1, -0.05) is 60.7 Å². The molecule has 5 aromatic rings. The Hall–Kier alpha value is -3.79. The number of hydrogen-bond donors (Lipinski definition) is 0. The largest absolute Gasteiger partial charge is 0.281 e. The highest BCUT2D eigenvalue weighted by Crippen LogP contribution is 2.27. The Morgan fingerprint density at radius 1 is 0.778 bits per heavy atom. The van der Waals surface area contributed by atoms with E-state index in [1.54, 1.807) is 12.3 Å². The maximum atomic E-state index is 12.7. The van der Waals surface area contributed by atoms with Crippen molar-refractivity contribution in [3.05, 3.63) is 101 Å². The first-order valence-corrected chi connectivity index (χ1v) is 8.72. The van der Waals surface area contributed by atoms with Crippen molar-refractivity contribution >= 4 is 38.7 Å². The lowest BCUT2D eigenvalue weighted by Crippen LogP contribution is -2.17. The molecule has 0 unspecified atom stereocenters. The number of fused-ring (bicyclic) bond motifs is 3. The summed E-state index contributed by atoms with van der Waals surface area (Å²) in [5, 5.41) is 9.48. The van der Waals surface area contributed by atoms with Crippen LogP contribution >= 0.6 is 0 Å². The fraction of sp³-hybridized carbons (Fsp3) is 0. The second-order valence-electron chi connectivity index (χ2n) is 6.39. The van der Waals surface area contributed by atoms with Crippen LogP contribution in [0.15, 0.2) is 95.1 Å². The molecule has 0 fully saturated rings. The normalized spacial score (nSPS) is 11.7. The molecule has 1 aromatic heterocycles. The molecule has 4 nitrogen and oxygen atoms in total. The first kappa shape index (κ1) is 15.5. The van der Waals surface area contributed by atoms with E-state index >= 15 is 0 Å². The molecule has 1 heterocycles. The smallest absolute Gasteiger partial charge is 0.267 e. The van der Waals surface area contributed by atoms with Crippen molar-refractivity contribution in [3.63, 3.8) is 0 Å². The van der Waals surface area contributed by atoms with Crippen molar-refractivity contribution in [2.45, 2.75) is 0 Å². The molecule has 0 saturated heterocycles. The number of para-hydroxylation sites is 1. The third-order valence-electron chi connectivity index (χ3n) is 4.77. The van der Waals surface area contributed by atoms with E-state index in [9.17, 15) is 4.79 Å². The molecule has 0 atom stereocenters. The topological polar surface area (TPSA) is 47.2 Å². The van der Waals surface area contributed by atoms with Gasteiger partial charge < -0.3 is 0 Å². The maximum Gasteiger partial charge on any atom is 0.281 e. The van der Waals surface area contributed by atoms with Gasteiger partial charge in [-0.2, -0.15) is 9.78 Å². The minimum Gasteiger partial charge on any atom is -0.267 e. The summed E-state index contributed by atoms with van der Waals surface area (Å²) in [7, 11) is 0. The van der Waals surface area contributed by atoms with Crippen LogP contribution in [-0.4, -0.2) is 15.9 Å². The zero-order chi connectivity index (χ0) is 18.2. The summed E-state index contributed by atoms with van der Waals surface area (Å²) in [6, 6.07) is 25.9. The monoisotopic (exact) mass is 349 g/mol. The van der Waals surface area contributed by atoms with E-state index in [1.807, 2.05) is 42.5 Å². The Kier molecular flexibility index (Phi) is 3.54. The van der Waals surface area contributed by atoms with E-state index in [4.69, 9.17) is 0 Å². The molecular weight excluding hydrogens is 334 g/mol. The predicted octanol–water partition coefficient (Wildman–Crippen LogP) is 4.59. The summed E-state index contributed by atoms with van der Waals surface area (Å²) in [6.45, 7) is 0. The number of aromatic nitrogens is 2. The first-order valence-electron chi connectivity index (χ1n) is 8.72. The Bertz CT molecular complexity index is 1350.